The quantitative estimate of drug-likeness (QED) is 0.477. The third kappa shape index (κ3) is 2.72. The number of hydrogen-bond acceptors (Lipinski definition) is 5. The monoisotopic (exact) mass is 389 g/mol. The van der Waals surface area contributed by atoms with E-state index in [1.54, 1.807) is 6.92 Å². The fourth-order valence-corrected chi connectivity index (χ4v) is 3.36. The summed E-state index contributed by atoms with van der Waals surface area (Å²) < 4.78 is 45.8. The van der Waals surface area contributed by atoms with E-state index in [1.165, 1.54) is 24.3 Å². The molecule has 5 nitrogen and oxygen atoms in total. The maximum Gasteiger partial charge on any atom is 0.418 e. The number of phenols is 2. The highest BCUT2D eigenvalue weighted by Crippen LogP contribution is 2.37. The molecule has 2 aromatic carbocycles. The molecule has 0 radical (unpaired) electrons. The third-order valence-corrected chi connectivity index (χ3v) is 4.72. The first-order valence-electron chi connectivity index (χ1n) is 8.43. The first-order valence-corrected chi connectivity index (χ1v) is 8.43. The van der Waals surface area contributed by atoms with Crippen LogP contribution in [-0.2, 0) is 0 Å². The number of phenolic OH excluding ortho intramolecular Hbond substituents is 2. The highest BCUT2D eigenvalue weighted by atomic mass is 19.4. The Balaban J connectivity index is 2.05. The summed E-state index contributed by atoms with van der Waals surface area (Å²) >= 11 is 0. The second-order valence-corrected chi connectivity index (χ2v) is 6.62. The normalized spacial score (nSPS) is 17.6. The number of dihydropyridines is 1. The van der Waals surface area contributed by atoms with E-state index in [0.29, 0.717) is 0 Å². The van der Waals surface area contributed by atoms with E-state index in [9.17, 15) is 28.2 Å². The maximum absolute atomic E-state index is 13.5. The van der Waals surface area contributed by atoms with E-state index >= 15 is 0 Å². The Morgan fingerprint density at radius 2 is 1.86 bits per heavy atom. The Kier molecular flexibility index (Phi) is 3.95. The number of allylic oxidation sites excluding steroid dienone is 1. The minimum atomic E-state index is -4.66. The van der Waals surface area contributed by atoms with Crippen molar-refractivity contribution < 1.29 is 27.8 Å². The van der Waals surface area contributed by atoms with Gasteiger partial charge in [-0.3, -0.25) is 9.79 Å². The van der Waals surface area contributed by atoms with Crippen LogP contribution < -0.4 is 5.43 Å². The van der Waals surface area contributed by atoms with Gasteiger partial charge in [-0.05, 0) is 37.6 Å². The molecule has 4 rings (SSSR count). The highest BCUT2D eigenvalue weighted by Gasteiger charge is 2.39. The van der Waals surface area contributed by atoms with Crippen LogP contribution in [0.4, 0.5) is 13.2 Å². The summed E-state index contributed by atoms with van der Waals surface area (Å²) in [5.74, 6) is -0.802. The largest absolute Gasteiger partial charge is 0.504 e. The molecule has 8 heteroatoms. The standard InChI is InChI=1S/C20H14F3NO4/c1-9-2-5-13(20(21,22)23)17(24-9)12-8-28-15-7-4-11-10(16(15)19(12)27)3-6-14(25)18(11)26/h3-9,25-26H,2H2,1H3. The molecule has 0 amide bonds. The van der Waals surface area contributed by atoms with Gasteiger partial charge in [0, 0.05) is 10.8 Å². The van der Waals surface area contributed by atoms with Crippen LogP contribution in [0, 0.1) is 0 Å². The molecule has 28 heavy (non-hydrogen) atoms. The highest BCUT2D eigenvalue weighted by molar-refractivity contribution is 6.16. The lowest BCUT2D eigenvalue weighted by Crippen LogP contribution is -2.29. The minimum absolute atomic E-state index is 0.00718. The average Bonchev–Trinajstić information content (AvgIpc) is 2.63. The summed E-state index contributed by atoms with van der Waals surface area (Å²) in [6.07, 6.45) is -2.53. The van der Waals surface area contributed by atoms with Gasteiger partial charge < -0.3 is 14.6 Å². The van der Waals surface area contributed by atoms with Crippen LogP contribution in [0.2, 0.25) is 0 Å². The second kappa shape index (κ2) is 6.12. The minimum Gasteiger partial charge on any atom is -0.504 e. The smallest absolute Gasteiger partial charge is 0.418 e. The zero-order chi connectivity index (χ0) is 20.2. The molecule has 0 bridgehead atoms. The number of hydrogen-bond donors (Lipinski definition) is 2. The Bertz CT molecular complexity index is 1240. The van der Waals surface area contributed by atoms with Gasteiger partial charge >= 0.3 is 6.18 Å². The van der Waals surface area contributed by atoms with E-state index in [4.69, 9.17) is 4.42 Å². The summed E-state index contributed by atoms with van der Waals surface area (Å²) in [5, 5.41) is 20.2. The van der Waals surface area contributed by atoms with Gasteiger partial charge in [0.15, 0.2) is 11.5 Å². The van der Waals surface area contributed by atoms with Crippen molar-refractivity contribution in [2.45, 2.75) is 25.6 Å². The fourth-order valence-electron chi connectivity index (χ4n) is 3.36. The van der Waals surface area contributed by atoms with E-state index in [0.717, 1.165) is 12.3 Å². The third-order valence-electron chi connectivity index (χ3n) is 4.72. The molecule has 1 aliphatic rings. The van der Waals surface area contributed by atoms with E-state index in [1.807, 2.05) is 0 Å². The molecule has 1 aromatic heterocycles. The van der Waals surface area contributed by atoms with Crippen LogP contribution in [0.5, 0.6) is 11.5 Å². The molecule has 3 aromatic rings. The van der Waals surface area contributed by atoms with E-state index in [-0.39, 0.29) is 39.5 Å². The summed E-state index contributed by atoms with van der Waals surface area (Å²) in [7, 11) is 0. The number of halogens is 3. The van der Waals surface area contributed by atoms with Crippen LogP contribution in [0.25, 0.3) is 21.7 Å². The Hall–Kier alpha value is -3.29. The molecule has 0 spiro atoms. The summed E-state index contributed by atoms with van der Waals surface area (Å²) in [6, 6.07) is 5.05. The van der Waals surface area contributed by atoms with Crippen LogP contribution >= 0.6 is 0 Å². The number of alkyl halides is 3. The number of nitrogens with zero attached hydrogens (tertiary/aromatic N) is 1. The van der Waals surface area contributed by atoms with Gasteiger partial charge in [0.2, 0.25) is 5.43 Å². The molecule has 0 saturated carbocycles. The molecule has 1 unspecified atom stereocenters. The van der Waals surface area contributed by atoms with Gasteiger partial charge in [0.25, 0.3) is 0 Å². The maximum atomic E-state index is 13.5. The molecule has 0 aliphatic carbocycles. The lowest BCUT2D eigenvalue weighted by molar-refractivity contribution is -0.0864. The Labute approximate surface area is 156 Å². The van der Waals surface area contributed by atoms with Crippen molar-refractivity contribution in [2.24, 2.45) is 4.99 Å². The molecule has 2 heterocycles. The topological polar surface area (TPSA) is 83.0 Å². The average molecular weight is 389 g/mol. The van der Waals surface area contributed by atoms with Crippen molar-refractivity contribution in [1.29, 1.82) is 0 Å². The predicted molar refractivity (Wildman–Crippen MR) is 98.1 cm³/mol. The van der Waals surface area contributed by atoms with Crippen molar-refractivity contribution in [2.75, 3.05) is 0 Å². The van der Waals surface area contributed by atoms with E-state index in [2.05, 4.69) is 4.99 Å². The number of rotatable bonds is 1. The molecule has 2 N–H and O–H groups in total. The Morgan fingerprint density at radius 1 is 1.14 bits per heavy atom. The SMILES string of the molecule is CC1CC=C(C(F)(F)F)C(c2coc3ccc4c(O)c(O)ccc4c3c2=O)=N1. The van der Waals surface area contributed by atoms with Crippen molar-refractivity contribution in [3.8, 4) is 11.5 Å². The zero-order valence-corrected chi connectivity index (χ0v) is 14.5. The number of aromatic hydroxyl groups is 2. The molecule has 1 aliphatic heterocycles. The number of aliphatic imine (C=N–C) groups is 1. The summed E-state index contributed by atoms with van der Waals surface area (Å²) in [5.41, 5.74) is -2.28. The van der Waals surface area contributed by atoms with Crippen molar-refractivity contribution in [1.82, 2.24) is 0 Å². The second-order valence-electron chi connectivity index (χ2n) is 6.62. The van der Waals surface area contributed by atoms with Crippen LogP contribution in [0.3, 0.4) is 0 Å². The lowest BCUT2D eigenvalue weighted by atomic mass is 9.95. The van der Waals surface area contributed by atoms with Gasteiger partial charge in [-0.25, -0.2) is 0 Å². The van der Waals surface area contributed by atoms with Crippen LogP contribution in [0.1, 0.15) is 18.9 Å². The molecule has 1 atom stereocenters. The van der Waals surface area contributed by atoms with Crippen molar-refractivity contribution >= 4 is 27.5 Å². The molecule has 0 saturated heterocycles. The van der Waals surface area contributed by atoms with Gasteiger partial charge in [-0.2, -0.15) is 13.2 Å². The molecular formula is C20H14F3NO4. The van der Waals surface area contributed by atoms with Gasteiger partial charge in [0.05, 0.1) is 28.3 Å². The first-order chi connectivity index (χ1) is 13.2. The molecule has 144 valence electrons. The van der Waals surface area contributed by atoms with E-state index < -0.39 is 34.7 Å². The van der Waals surface area contributed by atoms with Crippen molar-refractivity contribution in [3.63, 3.8) is 0 Å². The lowest BCUT2D eigenvalue weighted by Gasteiger charge is -2.20. The van der Waals surface area contributed by atoms with Crippen LogP contribution in [-0.4, -0.2) is 28.1 Å². The number of fused-ring (bicyclic) bond motifs is 3. The summed E-state index contributed by atoms with van der Waals surface area (Å²) in [4.78, 5) is 17.2. The van der Waals surface area contributed by atoms with Crippen LogP contribution in [0.15, 0.2) is 56.4 Å². The fraction of sp³-hybridized carbons (Fsp3) is 0.200. The van der Waals surface area contributed by atoms with Crippen molar-refractivity contribution in [3.05, 3.63) is 58.0 Å². The summed E-state index contributed by atoms with van der Waals surface area (Å²) in [6.45, 7) is 1.66. The van der Waals surface area contributed by atoms with Gasteiger partial charge in [-0.1, -0.05) is 6.08 Å². The predicted octanol–water partition coefficient (Wildman–Crippen LogP) is 4.43. The number of benzene rings is 2. The van der Waals surface area contributed by atoms with Gasteiger partial charge in [0.1, 0.15) is 11.8 Å². The zero-order valence-electron chi connectivity index (χ0n) is 14.5. The first kappa shape index (κ1) is 18.1. The Morgan fingerprint density at radius 3 is 2.57 bits per heavy atom. The molecule has 0 fully saturated rings. The molecular weight excluding hydrogens is 375 g/mol. The van der Waals surface area contributed by atoms with Gasteiger partial charge in [-0.15, -0.1) is 0 Å².